The first-order chi connectivity index (χ1) is 9.30. The van der Waals surface area contributed by atoms with Crippen molar-refractivity contribution in [2.24, 2.45) is 0 Å². The van der Waals surface area contributed by atoms with Crippen LogP contribution in [0.3, 0.4) is 0 Å². The van der Waals surface area contributed by atoms with Crippen LogP contribution in [0.5, 0.6) is 5.75 Å². The Kier molecular flexibility index (Phi) is 3.81. The van der Waals surface area contributed by atoms with Crippen molar-refractivity contribution in [2.45, 2.75) is 45.3 Å². The highest BCUT2D eigenvalue weighted by Gasteiger charge is 2.52. The van der Waals surface area contributed by atoms with E-state index in [4.69, 9.17) is 19.3 Å². The molecule has 0 aromatic heterocycles. The summed E-state index contributed by atoms with van der Waals surface area (Å²) in [4.78, 5) is 0. The molecule has 20 heavy (non-hydrogen) atoms. The Morgan fingerprint density at radius 2 is 1.80 bits per heavy atom. The Morgan fingerprint density at radius 3 is 2.30 bits per heavy atom. The monoisotopic (exact) mass is 273 g/mol. The molecule has 1 fully saturated rings. The van der Waals surface area contributed by atoms with E-state index in [1.54, 1.807) is 7.11 Å². The van der Waals surface area contributed by atoms with Gasteiger partial charge >= 0.3 is 7.12 Å². The first-order valence-corrected chi connectivity index (χ1v) is 6.70. The topological polar surface area (TPSA) is 51.5 Å². The quantitative estimate of drug-likeness (QED) is 0.791. The van der Waals surface area contributed by atoms with Gasteiger partial charge < -0.3 is 14.0 Å². The summed E-state index contributed by atoms with van der Waals surface area (Å²) in [5, 5.41) is 8.76. The van der Waals surface area contributed by atoms with E-state index < -0.39 is 7.12 Å². The summed E-state index contributed by atoms with van der Waals surface area (Å²) < 4.78 is 17.5. The fourth-order valence-electron chi connectivity index (χ4n) is 2.12. The number of rotatable bonds is 3. The molecule has 0 N–H and O–H groups in total. The van der Waals surface area contributed by atoms with Gasteiger partial charge in [0, 0.05) is 5.46 Å². The summed E-state index contributed by atoms with van der Waals surface area (Å²) in [6.07, 6.45) is 0.361. The zero-order valence-corrected chi connectivity index (χ0v) is 12.7. The number of nitriles is 1. The van der Waals surface area contributed by atoms with Crippen LogP contribution in [0.15, 0.2) is 18.2 Å². The molecule has 0 aliphatic carbocycles. The molecule has 0 unspecified atom stereocenters. The minimum Gasteiger partial charge on any atom is -0.497 e. The maximum atomic E-state index is 8.76. The minimum atomic E-state index is -0.453. The average Bonchev–Trinajstić information content (AvgIpc) is 2.58. The van der Waals surface area contributed by atoms with Crippen molar-refractivity contribution in [1.29, 1.82) is 5.26 Å². The van der Waals surface area contributed by atoms with Gasteiger partial charge in [-0.25, -0.2) is 0 Å². The van der Waals surface area contributed by atoms with E-state index in [9.17, 15) is 0 Å². The lowest BCUT2D eigenvalue weighted by atomic mass is 9.78. The maximum absolute atomic E-state index is 8.76. The van der Waals surface area contributed by atoms with Gasteiger partial charge in [-0.05, 0) is 39.3 Å². The summed E-state index contributed by atoms with van der Waals surface area (Å²) in [5.74, 6) is 0.691. The summed E-state index contributed by atoms with van der Waals surface area (Å²) in [6.45, 7) is 8.07. The van der Waals surface area contributed by atoms with Gasteiger partial charge in [-0.3, -0.25) is 0 Å². The third-order valence-corrected chi connectivity index (χ3v) is 4.09. The lowest BCUT2D eigenvalue weighted by Gasteiger charge is -2.32. The summed E-state index contributed by atoms with van der Waals surface area (Å²) >= 11 is 0. The lowest BCUT2D eigenvalue weighted by Crippen LogP contribution is -2.41. The van der Waals surface area contributed by atoms with Crippen LogP contribution >= 0.6 is 0 Å². The van der Waals surface area contributed by atoms with E-state index in [1.807, 2.05) is 45.9 Å². The molecule has 5 heteroatoms. The molecule has 106 valence electrons. The standard InChI is InChI=1S/C15H20BNO3/c1-14(2)15(3,4)20-16(19-14)12-7-6-11(8-9-17)10-13(12)18-5/h6-7,10H,8H2,1-5H3. The van der Waals surface area contributed by atoms with Crippen LogP contribution in [0, 0.1) is 11.3 Å². The number of hydrogen-bond acceptors (Lipinski definition) is 4. The molecule has 1 heterocycles. The highest BCUT2D eigenvalue weighted by atomic mass is 16.7. The van der Waals surface area contributed by atoms with E-state index in [0.29, 0.717) is 12.2 Å². The van der Waals surface area contributed by atoms with Gasteiger partial charge in [-0.2, -0.15) is 5.26 Å². The van der Waals surface area contributed by atoms with Gasteiger partial charge in [-0.1, -0.05) is 12.1 Å². The van der Waals surface area contributed by atoms with Gasteiger partial charge in [-0.15, -0.1) is 0 Å². The average molecular weight is 273 g/mol. The fourth-order valence-corrected chi connectivity index (χ4v) is 2.12. The van der Waals surface area contributed by atoms with Crippen LogP contribution in [0.4, 0.5) is 0 Å². The van der Waals surface area contributed by atoms with Crippen LogP contribution in [-0.2, 0) is 15.7 Å². The van der Waals surface area contributed by atoms with E-state index in [2.05, 4.69) is 6.07 Å². The molecular formula is C15H20BNO3. The van der Waals surface area contributed by atoms with Crippen molar-refractivity contribution in [1.82, 2.24) is 0 Å². The predicted octanol–water partition coefficient (Wildman–Crippen LogP) is 2.06. The number of hydrogen-bond donors (Lipinski definition) is 0. The van der Waals surface area contributed by atoms with E-state index >= 15 is 0 Å². The van der Waals surface area contributed by atoms with Crippen LogP contribution in [0.25, 0.3) is 0 Å². The van der Waals surface area contributed by atoms with Crippen LogP contribution in [0.2, 0.25) is 0 Å². The largest absolute Gasteiger partial charge is 0.498 e. The maximum Gasteiger partial charge on any atom is 0.498 e. The zero-order valence-electron chi connectivity index (χ0n) is 12.7. The molecule has 1 aromatic carbocycles. The summed E-state index contributed by atoms with van der Waals surface area (Å²) in [5.41, 5.74) is 1.01. The summed E-state index contributed by atoms with van der Waals surface area (Å²) in [6, 6.07) is 7.82. The van der Waals surface area contributed by atoms with Crippen molar-refractivity contribution in [3.8, 4) is 11.8 Å². The smallest absolute Gasteiger partial charge is 0.497 e. The van der Waals surface area contributed by atoms with Crippen molar-refractivity contribution >= 4 is 12.6 Å². The van der Waals surface area contributed by atoms with Gasteiger partial charge in [0.1, 0.15) is 5.75 Å². The van der Waals surface area contributed by atoms with Crippen molar-refractivity contribution in [3.63, 3.8) is 0 Å². The Morgan fingerprint density at radius 1 is 1.20 bits per heavy atom. The molecule has 0 saturated carbocycles. The second-order valence-electron chi connectivity index (χ2n) is 6.00. The first kappa shape index (κ1) is 14.9. The molecule has 0 spiro atoms. The molecule has 1 aliphatic heterocycles. The van der Waals surface area contributed by atoms with Gasteiger partial charge in [0.15, 0.2) is 0 Å². The minimum absolute atomic E-state index is 0.361. The van der Waals surface area contributed by atoms with Crippen molar-refractivity contribution in [2.75, 3.05) is 7.11 Å². The van der Waals surface area contributed by atoms with Gasteiger partial charge in [0.25, 0.3) is 0 Å². The number of methoxy groups -OCH3 is 1. The Balaban J connectivity index is 2.33. The summed E-state index contributed by atoms with van der Waals surface area (Å²) in [7, 11) is 1.16. The lowest BCUT2D eigenvalue weighted by molar-refractivity contribution is 0.00578. The molecule has 4 nitrogen and oxygen atoms in total. The fraction of sp³-hybridized carbons (Fsp3) is 0.533. The van der Waals surface area contributed by atoms with E-state index in [1.165, 1.54) is 0 Å². The highest BCUT2D eigenvalue weighted by molar-refractivity contribution is 6.63. The molecule has 1 aromatic rings. The molecule has 0 radical (unpaired) electrons. The third-order valence-electron chi connectivity index (χ3n) is 4.09. The van der Waals surface area contributed by atoms with Crippen LogP contribution in [0.1, 0.15) is 33.3 Å². The molecule has 0 atom stereocenters. The number of ether oxygens (including phenoxy) is 1. The van der Waals surface area contributed by atoms with Crippen molar-refractivity contribution < 1.29 is 14.0 Å². The SMILES string of the molecule is COc1cc(CC#N)ccc1B1OC(C)(C)C(C)(C)O1. The van der Waals surface area contributed by atoms with Crippen LogP contribution in [-0.4, -0.2) is 25.4 Å². The molecular weight excluding hydrogens is 253 g/mol. The number of benzene rings is 1. The number of nitrogens with zero attached hydrogens (tertiary/aromatic N) is 1. The predicted molar refractivity (Wildman–Crippen MR) is 78.0 cm³/mol. The van der Waals surface area contributed by atoms with Crippen LogP contribution < -0.4 is 10.2 Å². The Bertz CT molecular complexity index is 533. The third kappa shape index (κ3) is 2.54. The normalized spacial score (nSPS) is 19.7. The Labute approximate surface area is 120 Å². The second-order valence-corrected chi connectivity index (χ2v) is 6.00. The molecule has 2 rings (SSSR count). The van der Waals surface area contributed by atoms with E-state index in [-0.39, 0.29) is 11.2 Å². The Hall–Kier alpha value is -1.51. The molecule has 0 bridgehead atoms. The van der Waals surface area contributed by atoms with Gasteiger partial charge in [0.2, 0.25) is 0 Å². The highest BCUT2D eigenvalue weighted by Crippen LogP contribution is 2.37. The molecule has 1 aliphatic rings. The molecule has 0 amide bonds. The first-order valence-electron chi connectivity index (χ1n) is 6.70. The van der Waals surface area contributed by atoms with E-state index in [0.717, 1.165) is 11.0 Å². The molecule has 1 saturated heterocycles. The zero-order chi connectivity index (χ0) is 15.0. The second kappa shape index (κ2) is 5.12. The van der Waals surface area contributed by atoms with Gasteiger partial charge in [0.05, 0.1) is 30.8 Å². The van der Waals surface area contributed by atoms with Crippen molar-refractivity contribution in [3.05, 3.63) is 23.8 Å².